The van der Waals surface area contributed by atoms with Crippen molar-refractivity contribution in [1.82, 2.24) is 9.88 Å². The van der Waals surface area contributed by atoms with Crippen molar-refractivity contribution in [2.24, 2.45) is 0 Å². The number of carbonyl (C=O) groups is 2. The third-order valence-electron chi connectivity index (χ3n) is 5.24. The minimum atomic E-state index is -0.320. The normalized spacial score (nSPS) is 13.9. The molecule has 0 fully saturated rings. The predicted molar refractivity (Wildman–Crippen MR) is 123 cm³/mol. The molecule has 6 nitrogen and oxygen atoms in total. The first kappa shape index (κ1) is 23.2. The van der Waals surface area contributed by atoms with Crippen LogP contribution in [-0.4, -0.2) is 48.4 Å². The van der Waals surface area contributed by atoms with E-state index < -0.39 is 0 Å². The van der Waals surface area contributed by atoms with Gasteiger partial charge in [0.25, 0.3) is 0 Å². The van der Waals surface area contributed by atoms with Crippen LogP contribution in [0.3, 0.4) is 0 Å². The Balaban J connectivity index is 1.33. The number of ether oxygens (including phenoxy) is 2. The van der Waals surface area contributed by atoms with E-state index in [2.05, 4.69) is 9.88 Å². The summed E-state index contributed by atoms with van der Waals surface area (Å²) in [6, 6.07) is 7.64. The molecule has 0 bridgehead atoms. The first-order valence-corrected chi connectivity index (χ1v) is 11.6. The fraction of sp³-hybridized carbons (Fsp3) is 0.458. The molecule has 1 aliphatic rings. The van der Waals surface area contributed by atoms with E-state index in [9.17, 15) is 9.59 Å². The van der Waals surface area contributed by atoms with Gasteiger partial charge in [-0.15, -0.1) is 11.3 Å². The lowest BCUT2D eigenvalue weighted by molar-refractivity contribution is -0.114. The van der Waals surface area contributed by atoms with Gasteiger partial charge < -0.3 is 9.47 Å². The van der Waals surface area contributed by atoms with Crippen LogP contribution in [0, 0.1) is 0 Å². The zero-order valence-electron chi connectivity index (χ0n) is 18.3. The molecule has 1 aromatic heterocycles. The molecule has 0 N–H and O–H groups in total. The smallest absolute Gasteiger partial charge is 0.367 e. The first-order chi connectivity index (χ1) is 15.1. The van der Waals surface area contributed by atoms with Crippen LogP contribution in [0.2, 0.25) is 0 Å². The van der Waals surface area contributed by atoms with Gasteiger partial charge in [0.15, 0.2) is 5.78 Å². The maximum atomic E-state index is 12.1. The monoisotopic (exact) mass is 442 g/mol. The van der Waals surface area contributed by atoms with Gasteiger partial charge in [0, 0.05) is 30.8 Å². The fourth-order valence-corrected chi connectivity index (χ4v) is 4.56. The number of fused-ring (bicyclic) bond motifs is 1. The average Bonchev–Trinajstić information content (AvgIpc) is 3.21. The summed E-state index contributed by atoms with van der Waals surface area (Å²) in [6.07, 6.45) is 7.97. The topological polar surface area (TPSA) is 68.7 Å². The van der Waals surface area contributed by atoms with Crippen LogP contribution in [0.4, 0.5) is 0 Å². The van der Waals surface area contributed by atoms with E-state index in [1.165, 1.54) is 16.2 Å². The first-order valence-electron chi connectivity index (χ1n) is 10.8. The molecular formula is C24H30N2O4S. The van der Waals surface area contributed by atoms with E-state index in [-0.39, 0.29) is 11.8 Å². The van der Waals surface area contributed by atoms with E-state index in [0.29, 0.717) is 18.0 Å². The highest BCUT2D eigenvalue weighted by Gasteiger charge is 2.23. The average molecular weight is 443 g/mol. The summed E-state index contributed by atoms with van der Waals surface area (Å²) < 4.78 is 10.2. The van der Waals surface area contributed by atoms with Crippen molar-refractivity contribution in [2.45, 2.75) is 45.6 Å². The Kier molecular flexibility index (Phi) is 8.79. The number of unbranched alkanes of at least 4 members (excludes halogenated alkanes) is 2. The highest BCUT2D eigenvalue weighted by molar-refractivity contribution is 7.13. The van der Waals surface area contributed by atoms with Gasteiger partial charge in [0.2, 0.25) is 5.01 Å². The number of esters is 1. The van der Waals surface area contributed by atoms with Gasteiger partial charge in [-0.3, -0.25) is 9.69 Å². The summed E-state index contributed by atoms with van der Waals surface area (Å²) in [7, 11) is 1.64. The quantitative estimate of drug-likeness (QED) is 0.289. The van der Waals surface area contributed by atoms with Gasteiger partial charge in [-0.2, -0.15) is 0 Å². The summed E-state index contributed by atoms with van der Waals surface area (Å²) >= 11 is 1.45. The zero-order valence-corrected chi connectivity index (χ0v) is 19.1. The van der Waals surface area contributed by atoms with E-state index in [1.54, 1.807) is 20.1 Å². The molecule has 0 amide bonds. The minimum Gasteiger partial charge on any atom is -0.497 e. The van der Waals surface area contributed by atoms with Crippen molar-refractivity contribution in [3.8, 4) is 5.75 Å². The number of allylic oxidation sites excluding steroid dienone is 1. The van der Waals surface area contributed by atoms with Crippen molar-refractivity contribution in [1.29, 1.82) is 0 Å². The third-order valence-corrected chi connectivity index (χ3v) is 6.30. The molecule has 0 saturated heterocycles. The molecule has 0 spiro atoms. The summed E-state index contributed by atoms with van der Waals surface area (Å²) in [5.41, 5.74) is 2.03. The van der Waals surface area contributed by atoms with Gasteiger partial charge in [0.05, 0.1) is 19.4 Å². The van der Waals surface area contributed by atoms with Gasteiger partial charge >= 0.3 is 5.97 Å². The highest BCUT2D eigenvalue weighted by atomic mass is 32.1. The maximum absolute atomic E-state index is 12.1. The summed E-state index contributed by atoms with van der Waals surface area (Å²) in [6.45, 7) is 4.98. The van der Waals surface area contributed by atoms with E-state index in [0.717, 1.165) is 62.3 Å². The lowest BCUT2D eigenvalue weighted by Crippen LogP contribution is -2.30. The van der Waals surface area contributed by atoms with Crippen molar-refractivity contribution >= 4 is 29.2 Å². The molecule has 0 saturated carbocycles. The molecule has 166 valence electrons. The Hall–Kier alpha value is -2.51. The Morgan fingerprint density at radius 2 is 2.00 bits per heavy atom. The van der Waals surface area contributed by atoms with Crippen LogP contribution in [0.1, 0.15) is 58.5 Å². The number of ketones is 1. The Morgan fingerprint density at radius 1 is 1.19 bits per heavy atom. The number of thiazole rings is 1. The molecule has 1 aromatic carbocycles. The number of hydrogen-bond acceptors (Lipinski definition) is 7. The number of nitrogens with zero attached hydrogens (tertiary/aromatic N) is 2. The van der Waals surface area contributed by atoms with Crippen molar-refractivity contribution < 1.29 is 19.1 Å². The Bertz CT molecular complexity index is 905. The predicted octanol–water partition coefficient (Wildman–Crippen LogP) is 4.53. The molecule has 2 aromatic rings. The molecule has 0 aliphatic carbocycles. The molecule has 7 heteroatoms. The fourth-order valence-electron chi connectivity index (χ4n) is 3.52. The molecule has 0 atom stereocenters. The molecule has 2 heterocycles. The van der Waals surface area contributed by atoms with Gasteiger partial charge in [-0.05, 0) is 50.1 Å². The highest BCUT2D eigenvalue weighted by Crippen LogP contribution is 2.26. The Morgan fingerprint density at radius 3 is 2.74 bits per heavy atom. The number of benzene rings is 1. The van der Waals surface area contributed by atoms with Crippen LogP contribution in [0.25, 0.3) is 6.08 Å². The molecule has 0 radical (unpaired) electrons. The standard InChI is InChI=1S/C24H30N2O4S/c1-3-30-24(28)23-25-21-14-16-26(17-22(21)31-23)15-6-4-5-7-19(27)11-8-18-9-12-20(29-2)13-10-18/h8-13H,3-7,14-17H2,1-2H3/b11-8+. The molecule has 3 rings (SSSR count). The number of hydrogen-bond donors (Lipinski definition) is 0. The van der Waals surface area contributed by atoms with Crippen LogP contribution < -0.4 is 4.74 Å². The second kappa shape index (κ2) is 11.8. The van der Waals surface area contributed by atoms with Crippen LogP contribution >= 0.6 is 11.3 Å². The molecule has 31 heavy (non-hydrogen) atoms. The van der Waals surface area contributed by atoms with E-state index in [4.69, 9.17) is 9.47 Å². The van der Waals surface area contributed by atoms with Crippen LogP contribution in [-0.2, 0) is 22.5 Å². The third kappa shape index (κ3) is 7.01. The Labute approximate surface area is 187 Å². The van der Waals surface area contributed by atoms with E-state index in [1.807, 2.05) is 30.3 Å². The summed E-state index contributed by atoms with van der Waals surface area (Å²) in [5, 5.41) is 0.468. The SMILES string of the molecule is CCOC(=O)c1nc2c(s1)CN(CCCCCC(=O)/C=C/c1ccc(OC)cc1)CC2. The minimum absolute atomic E-state index is 0.162. The van der Waals surface area contributed by atoms with Crippen LogP contribution in [0.15, 0.2) is 30.3 Å². The van der Waals surface area contributed by atoms with Gasteiger partial charge in [0.1, 0.15) is 5.75 Å². The number of aromatic nitrogens is 1. The molecule has 1 aliphatic heterocycles. The van der Waals surface area contributed by atoms with Gasteiger partial charge in [-0.1, -0.05) is 24.6 Å². The van der Waals surface area contributed by atoms with Crippen molar-refractivity contribution in [3.05, 3.63) is 51.5 Å². The zero-order chi connectivity index (χ0) is 22.1. The summed E-state index contributed by atoms with van der Waals surface area (Å²) in [4.78, 5) is 32.0. The van der Waals surface area contributed by atoms with Crippen LogP contribution in [0.5, 0.6) is 5.75 Å². The number of methoxy groups -OCH3 is 1. The van der Waals surface area contributed by atoms with E-state index >= 15 is 0 Å². The second-order valence-corrected chi connectivity index (χ2v) is 8.60. The maximum Gasteiger partial charge on any atom is 0.367 e. The van der Waals surface area contributed by atoms with Crippen molar-refractivity contribution in [2.75, 3.05) is 26.8 Å². The van der Waals surface area contributed by atoms with Crippen molar-refractivity contribution in [3.63, 3.8) is 0 Å². The molecular weight excluding hydrogens is 412 g/mol. The van der Waals surface area contributed by atoms with Gasteiger partial charge in [-0.25, -0.2) is 9.78 Å². The number of rotatable bonds is 11. The second-order valence-electron chi connectivity index (χ2n) is 7.52. The lowest BCUT2D eigenvalue weighted by Gasteiger charge is -2.25. The largest absolute Gasteiger partial charge is 0.497 e. The summed E-state index contributed by atoms with van der Waals surface area (Å²) in [5.74, 6) is 0.650. The molecule has 0 unspecified atom stereocenters. The lowest BCUT2D eigenvalue weighted by atomic mass is 10.1. The number of carbonyl (C=O) groups excluding carboxylic acids is 2.